The van der Waals surface area contributed by atoms with Gasteiger partial charge in [-0.3, -0.25) is 15.1 Å². The minimum absolute atomic E-state index is 0.0576. The van der Waals surface area contributed by atoms with E-state index in [1.54, 1.807) is 7.11 Å². The third kappa shape index (κ3) is 5.74. The van der Waals surface area contributed by atoms with Crippen molar-refractivity contribution in [1.29, 1.82) is 0 Å². The van der Waals surface area contributed by atoms with Gasteiger partial charge >= 0.3 is 5.97 Å². The largest absolute Gasteiger partial charge is 0.469 e. The van der Waals surface area contributed by atoms with Crippen LogP contribution in [-0.2, 0) is 14.4 Å². The summed E-state index contributed by atoms with van der Waals surface area (Å²) in [6.07, 6.45) is 13.2. The molecule has 0 amide bonds. The molecule has 0 unspecified atom stereocenters. The summed E-state index contributed by atoms with van der Waals surface area (Å²) in [5.74, 6) is -0.0472. The first-order valence-corrected chi connectivity index (χ1v) is 17.1. The Morgan fingerprint density at radius 2 is 1.71 bits per heavy atom. The third-order valence-corrected chi connectivity index (χ3v) is 10.5. The number of hydroxylamine groups is 1. The number of carbonyl (C=O) groups excluding carboxylic acids is 1. The fourth-order valence-electron chi connectivity index (χ4n) is 7.69. The number of esters is 1. The molecule has 1 fully saturated rings. The second-order valence-corrected chi connectivity index (χ2v) is 13.2. The van der Waals surface area contributed by atoms with Crippen LogP contribution in [0.25, 0.3) is 6.08 Å². The van der Waals surface area contributed by atoms with E-state index in [1.807, 2.05) is 18.2 Å². The number of ether oxygens (including phenoxy) is 1. The number of benzene rings is 1. The van der Waals surface area contributed by atoms with Crippen LogP contribution < -0.4 is 10.8 Å². The van der Waals surface area contributed by atoms with Gasteiger partial charge in [-0.2, -0.15) is 0 Å². The molecule has 5 heterocycles. The molecule has 1 saturated heterocycles. The Labute approximate surface area is 288 Å². The number of carbonyl (C=O) groups is 1. The summed E-state index contributed by atoms with van der Waals surface area (Å²) in [6, 6.07) is 10.3. The highest BCUT2D eigenvalue weighted by molar-refractivity contribution is 6.21. The standard InChI is InChI=1S/C41H43N5O3/c1-8-27-22(2)32-20-36-28(15-14-26-12-10-9-11-13-26)23(3)31(43-36)19-33-24(4)29(16-17-38(47)48-6)40(44-33)30-18-37(46-49-7)39-25(5)34(45-41(30)39)21-35(27)42-32/h9-15,19-21,24,29,44,46H,8,16-18H2,1-7H3/b15-14+,33-19?,35-21?,36-20?,40-30?/t24-,29-/m0/s1. The van der Waals surface area contributed by atoms with Crippen LogP contribution in [0.15, 0.2) is 143 Å². The van der Waals surface area contributed by atoms with Crippen LogP contribution in [0.1, 0.15) is 65.9 Å². The molecule has 1 aromatic carbocycles. The molecule has 2 atom stereocenters. The van der Waals surface area contributed by atoms with Gasteiger partial charge in [-0.1, -0.05) is 56.3 Å². The van der Waals surface area contributed by atoms with Crippen molar-refractivity contribution in [3.63, 3.8) is 0 Å². The van der Waals surface area contributed by atoms with Gasteiger partial charge in [-0.15, -0.1) is 0 Å². The van der Waals surface area contributed by atoms with Crippen molar-refractivity contribution in [3.05, 3.63) is 133 Å². The van der Waals surface area contributed by atoms with Crippen molar-refractivity contribution in [1.82, 2.24) is 10.8 Å². The summed E-state index contributed by atoms with van der Waals surface area (Å²) in [6.45, 7) is 10.8. The van der Waals surface area contributed by atoms with Gasteiger partial charge in [0.05, 0.1) is 54.1 Å². The lowest BCUT2D eigenvalue weighted by Gasteiger charge is -2.17. The van der Waals surface area contributed by atoms with Gasteiger partial charge in [-0.05, 0) is 79.7 Å². The molecular formula is C41H43N5O3. The van der Waals surface area contributed by atoms with E-state index in [2.05, 4.69) is 87.9 Å². The fraction of sp³-hybridized carbons (Fsp3) is 0.317. The molecule has 1 aliphatic carbocycles. The normalized spacial score (nSPS) is 22.9. The summed E-state index contributed by atoms with van der Waals surface area (Å²) < 4.78 is 5.06. The van der Waals surface area contributed by atoms with E-state index in [9.17, 15) is 4.79 Å². The Kier molecular flexibility index (Phi) is 8.67. The number of rotatable bonds is 8. The van der Waals surface area contributed by atoms with E-state index in [1.165, 1.54) is 12.7 Å². The average Bonchev–Trinajstić information content (AvgIpc) is 3.86. The fourth-order valence-corrected chi connectivity index (χ4v) is 7.69. The van der Waals surface area contributed by atoms with Gasteiger partial charge in [0.1, 0.15) is 0 Å². The maximum Gasteiger partial charge on any atom is 0.305 e. The topological polar surface area (TPSA) is 96.7 Å². The Bertz CT molecular complexity index is 2040. The smallest absolute Gasteiger partial charge is 0.305 e. The third-order valence-electron chi connectivity index (χ3n) is 10.5. The number of nitrogens with zero attached hydrogens (tertiary/aromatic N) is 3. The maximum absolute atomic E-state index is 12.4. The predicted molar refractivity (Wildman–Crippen MR) is 196 cm³/mol. The summed E-state index contributed by atoms with van der Waals surface area (Å²) in [4.78, 5) is 33.6. The zero-order valence-electron chi connectivity index (χ0n) is 29.3. The van der Waals surface area contributed by atoms with E-state index >= 15 is 0 Å². The van der Waals surface area contributed by atoms with E-state index in [4.69, 9.17) is 24.6 Å². The van der Waals surface area contributed by atoms with Crippen LogP contribution in [0.5, 0.6) is 0 Å². The van der Waals surface area contributed by atoms with Crippen molar-refractivity contribution in [2.75, 3.05) is 14.2 Å². The first kappa shape index (κ1) is 32.5. The first-order valence-electron chi connectivity index (χ1n) is 17.1. The Balaban J connectivity index is 1.44. The number of hydrogen-bond donors (Lipinski definition) is 2. The molecule has 0 radical (unpaired) electrons. The highest BCUT2D eigenvalue weighted by Crippen LogP contribution is 2.46. The van der Waals surface area contributed by atoms with Crippen LogP contribution >= 0.6 is 0 Å². The zero-order chi connectivity index (χ0) is 34.4. The molecule has 1 aromatic rings. The second-order valence-electron chi connectivity index (χ2n) is 13.2. The van der Waals surface area contributed by atoms with Crippen molar-refractivity contribution < 1.29 is 14.4 Å². The number of methoxy groups -OCH3 is 1. The first-order chi connectivity index (χ1) is 23.7. The number of nitrogens with one attached hydrogen (secondary N) is 2. The molecule has 0 spiro atoms. The van der Waals surface area contributed by atoms with Crippen LogP contribution in [0.3, 0.4) is 0 Å². The molecule has 8 nitrogen and oxygen atoms in total. The molecule has 5 aliphatic heterocycles. The summed E-state index contributed by atoms with van der Waals surface area (Å²) in [5, 5.41) is 3.84. The minimum atomic E-state index is -0.209. The number of aliphatic imine (C=N–C) groups is 3. The lowest BCUT2D eigenvalue weighted by molar-refractivity contribution is -0.140. The maximum atomic E-state index is 12.4. The van der Waals surface area contributed by atoms with Gasteiger partial charge < -0.3 is 10.1 Å². The van der Waals surface area contributed by atoms with E-state index < -0.39 is 0 Å². The summed E-state index contributed by atoms with van der Waals surface area (Å²) >= 11 is 0. The summed E-state index contributed by atoms with van der Waals surface area (Å²) in [7, 11) is 3.09. The number of fused-ring (bicyclic) bond motifs is 5. The highest BCUT2D eigenvalue weighted by atomic mass is 16.6. The van der Waals surface area contributed by atoms with Gasteiger partial charge in [0.15, 0.2) is 0 Å². The van der Waals surface area contributed by atoms with Gasteiger partial charge in [0.2, 0.25) is 0 Å². The molecule has 7 rings (SSSR count). The lowest BCUT2D eigenvalue weighted by atomic mass is 9.86. The van der Waals surface area contributed by atoms with Crippen LogP contribution in [0.2, 0.25) is 0 Å². The Hall–Kier alpha value is -5.08. The van der Waals surface area contributed by atoms with Gasteiger partial charge in [-0.25, -0.2) is 15.0 Å². The van der Waals surface area contributed by atoms with Gasteiger partial charge in [0.25, 0.3) is 0 Å². The number of allylic oxidation sites excluding steroid dienone is 12. The van der Waals surface area contributed by atoms with E-state index in [0.29, 0.717) is 19.3 Å². The summed E-state index contributed by atoms with van der Waals surface area (Å²) in [5.41, 5.74) is 20.7. The SMILES string of the molecule is CCC1=C(C)C2=NC1=CC1=C(C)C3=C(NOC)CC(=C4NC(=CC5=NC(=C2)C(/C=C/c2ccccc2)=C5C)[C@@H](C)[C@@H]4CCC(=O)OC)C3=N1. The number of hydrogen-bond acceptors (Lipinski definition) is 8. The molecular weight excluding hydrogens is 610 g/mol. The molecule has 2 N–H and O–H groups in total. The lowest BCUT2D eigenvalue weighted by Crippen LogP contribution is -2.16. The average molecular weight is 654 g/mol. The van der Waals surface area contributed by atoms with Crippen LogP contribution in [0.4, 0.5) is 0 Å². The molecule has 8 bridgehead atoms. The minimum Gasteiger partial charge on any atom is -0.469 e. The predicted octanol–water partition coefficient (Wildman–Crippen LogP) is 7.92. The quantitative estimate of drug-likeness (QED) is 0.220. The van der Waals surface area contributed by atoms with Crippen molar-refractivity contribution in [3.8, 4) is 0 Å². The Morgan fingerprint density at radius 3 is 2.45 bits per heavy atom. The van der Waals surface area contributed by atoms with Crippen LogP contribution in [-0.4, -0.2) is 37.3 Å². The molecule has 250 valence electrons. The van der Waals surface area contributed by atoms with Gasteiger partial charge in [0, 0.05) is 52.8 Å². The molecule has 0 saturated carbocycles. The van der Waals surface area contributed by atoms with Crippen molar-refractivity contribution in [2.24, 2.45) is 26.8 Å². The monoisotopic (exact) mass is 653 g/mol. The zero-order valence-corrected chi connectivity index (χ0v) is 29.3. The van der Waals surface area contributed by atoms with Crippen molar-refractivity contribution in [2.45, 2.75) is 60.3 Å². The molecule has 6 aliphatic rings. The molecule has 8 heteroatoms. The molecule has 49 heavy (non-hydrogen) atoms. The van der Waals surface area contributed by atoms with Crippen LogP contribution in [0, 0.1) is 11.8 Å². The Morgan fingerprint density at radius 1 is 0.959 bits per heavy atom. The molecule has 0 aromatic heterocycles. The van der Waals surface area contributed by atoms with E-state index in [0.717, 1.165) is 96.7 Å². The van der Waals surface area contributed by atoms with E-state index in [-0.39, 0.29) is 17.8 Å². The highest BCUT2D eigenvalue weighted by Gasteiger charge is 2.41. The van der Waals surface area contributed by atoms with Crippen molar-refractivity contribution >= 4 is 29.2 Å². The second kappa shape index (κ2) is 13.1.